The number of oxazole rings is 1. The van der Waals surface area contributed by atoms with Crippen molar-refractivity contribution in [3.8, 4) is 11.5 Å². The molecule has 0 aliphatic heterocycles. The van der Waals surface area contributed by atoms with Crippen LogP contribution in [0.4, 0.5) is 0 Å². The Morgan fingerprint density at radius 2 is 2.46 bits per heavy atom. The minimum absolute atomic E-state index is 0.329. The van der Waals surface area contributed by atoms with Gasteiger partial charge < -0.3 is 4.42 Å². The van der Waals surface area contributed by atoms with Crippen LogP contribution in [0.1, 0.15) is 5.69 Å². The van der Waals surface area contributed by atoms with Gasteiger partial charge in [0.1, 0.15) is 11.4 Å². The molecule has 2 rings (SSSR count). The fraction of sp³-hybridized carbons (Fsp3) is 0.143. The molecular formula is C7H4BrClN2OS. The molecule has 2 aromatic rings. The first-order chi connectivity index (χ1) is 6.33. The second-order valence-electron chi connectivity index (χ2n) is 2.27. The zero-order valence-electron chi connectivity index (χ0n) is 6.33. The van der Waals surface area contributed by atoms with E-state index in [-0.39, 0.29) is 0 Å². The maximum atomic E-state index is 5.68. The summed E-state index contributed by atoms with van der Waals surface area (Å²) >= 11 is 10.4. The van der Waals surface area contributed by atoms with Crippen molar-refractivity contribution in [2.75, 3.05) is 0 Å². The maximum absolute atomic E-state index is 5.68. The monoisotopic (exact) mass is 278 g/mol. The first-order valence-corrected chi connectivity index (χ1v) is 5.58. The molecule has 2 heterocycles. The minimum atomic E-state index is 0.329. The first kappa shape index (κ1) is 9.18. The fourth-order valence-electron chi connectivity index (χ4n) is 0.932. The summed E-state index contributed by atoms with van der Waals surface area (Å²) in [6, 6.07) is 0. The van der Waals surface area contributed by atoms with Crippen LogP contribution in [0.3, 0.4) is 0 Å². The molecule has 0 spiro atoms. The second-order valence-corrected chi connectivity index (χ2v) is 4.02. The van der Waals surface area contributed by atoms with Crippen LogP contribution in [0.5, 0.6) is 0 Å². The highest BCUT2D eigenvalue weighted by Crippen LogP contribution is 2.31. The molecule has 0 saturated carbocycles. The summed E-state index contributed by atoms with van der Waals surface area (Å²) in [5, 5.41) is 1.88. The smallest absolute Gasteiger partial charge is 0.181 e. The van der Waals surface area contributed by atoms with Gasteiger partial charge in [-0.05, 0) is 27.5 Å². The van der Waals surface area contributed by atoms with E-state index in [0.29, 0.717) is 17.3 Å². The van der Waals surface area contributed by atoms with Crippen LogP contribution in [0.25, 0.3) is 11.5 Å². The van der Waals surface area contributed by atoms with E-state index in [0.717, 1.165) is 10.2 Å². The quantitative estimate of drug-likeness (QED) is 0.792. The average molecular weight is 280 g/mol. The third-order valence-electron chi connectivity index (χ3n) is 1.51. The molecule has 3 nitrogen and oxygen atoms in total. The van der Waals surface area contributed by atoms with E-state index in [1.165, 1.54) is 17.9 Å². The lowest BCUT2D eigenvalue weighted by atomic mass is 10.3. The summed E-state index contributed by atoms with van der Waals surface area (Å²) in [6.07, 6.45) is 1.37. The number of rotatable bonds is 2. The van der Waals surface area contributed by atoms with Crippen LogP contribution in [0, 0.1) is 0 Å². The van der Waals surface area contributed by atoms with Crippen molar-refractivity contribution in [2.45, 2.75) is 5.88 Å². The topological polar surface area (TPSA) is 38.9 Å². The van der Waals surface area contributed by atoms with E-state index < -0.39 is 0 Å². The molecule has 0 fully saturated rings. The van der Waals surface area contributed by atoms with Crippen LogP contribution in [-0.2, 0) is 5.88 Å². The Morgan fingerprint density at radius 3 is 3.08 bits per heavy atom. The van der Waals surface area contributed by atoms with Gasteiger partial charge in [-0.1, -0.05) is 0 Å². The van der Waals surface area contributed by atoms with Gasteiger partial charge in [0.25, 0.3) is 0 Å². The summed E-state index contributed by atoms with van der Waals surface area (Å²) in [7, 11) is 0. The van der Waals surface area contributed by atoms with Crippen molar-refractivity contribution < 1.29 is 4.42 Å². The molecule has 0 aliphatic rings. The Kier molecular flexibility index (Phi) is 2.66. The predicted molar refractivity (Wildman–Crippen MR) is 54.9 cm³/mol. The largest absolute Gasteiger partial charge is 0.441 e. The second kappa shape index (κ2) is 3.77. The van der Waals surface area contributed by atoms with E-state index in [1.54, 1.807) is 0 Å². The molecule has 0 atom stereocenters. The van der Waals surface area contributed by atoms with Gasteiger partial charge in [-0.25, -0.2) is 4.98 Å². The molecule has 0 unspecified atom stereocenters. The molecule has 0 saturated heterocycles. The summed E-state index contributed by atoms with van der Waals surface area (Å²) in [5.74, 6) is 0.971. The van der Waals surface area contributed by atoms with Gasteiger partial charge in [0.05, 0.1) is 10.4 Å². The van der Waals surface area contributed by atoms with Gasteiger partial charge in [0.2, 0.25) is 0 Å². The van der Waals surface area contributed by atoms with Gasteiger partial charge in [0.15, 0.2) is 12.2 Å². The predicted octanol–water partition coefficient (Wildman–Crippen LogP) is 3.30. The number of hydrogen-bond donors (Lipinski definition) is 0. The van der Waals surface area contributed by atoms with Crippen LogP contribution in [-0.4, -0.2) is 9.36 Å². The standard InChI is InChI=1S/C7H4BrClN2OS/c8-4-2-13-11-6(4)7-5(1-9)10-3-12-7/h2-3H,1H2. The van der Waals surface area contributed by atoms with Crippen molar-refractivity contribution >= 4 is 39.1 Å². The summed E-state index contributed by atoms with van der Waals surface area (Å²) < 4.78 is 10.3. The van der Waals surface area contributed by atoms with Gasteiger partial charge in [-0.3, -0.25) is 0 Å². The van der Waals surface area contributed by atoms with E-state index in [9.17, 15) is 0 Å². The highest BCUT2D eigenvalue weighted by Gasteiger charge is 2.14. The van der Waals surface area contributed by atoms with Crippen LogP contribution in [0.2, 0.25) is 0 Å². The minimum Gasteiger partial charge on any atom is -0.441 e. The van der Waals surface area contributed by atoms with E-state index >= 15 is 0 Å². The average Bonchev–Trinajstić information content (AvgIpc) is 2.71. The molecule has 6 heteroatoms. The van der Waals surface area contributed by atoms with Gasteiger partial charge in [0, 0.05) is 5.38 Å². The van der Waals surface area contributed by atoms with E-state index in [2.05, 4.69) is 25.3 Å². The zero-order valence-corrected chi connectivity index (χ0v) is 9.49. The number of halogens is 2. The van der Waals surface area contributed by atoms with E-state index in [1.807, 2.05) is 5.38 Å². The highest BCUT2D eigenvalue weighted by molar-refractivity contribution is 9.10. The number of aromatic nitrogens is 2. The Hall–Kier alpha value is -0.390. The Labute approximate surface area is 92.0 Å². The maximum Gasteiger partial charge on any atom is 0.181 e. The molecule has 13 heavy (non-hydrogen) atoms. The normalized spacial score (nSPS) is 10.6. The van der Waals surface area contributed by atoms with Gasteiger partial charge in [-0.2, -0.15) is 4.37 Å². The molecule has 0 bridgehead atoms. The molecular weight excluding hydrogens is 276 g/mol. The number of hydrogen-bond acceptors (Lipinski definition) is 4. The van der Waals surface area contributed by atoms with Crippen LogP contribution in [0.15, 0.2) is 20.7 Å². The van der Waals surface area contributed by atoms with Crippen molar-refractivity contribution in [1.82, 2.24) is 9.36 Å². The molecule has 68 valence electrons. The third-order valence-corrected chi connectivity index (χ3v) is 3.30. The summed E-state index contributed by atoms with van der Waals surface area (Å²) in [4.78, 5) is 3.98. The van der Waals surface area contributed by atoms with Crippen molar-refractivity contribution in [3.05, 3.63) is 21.9 Å². The summed E-state index contributed by atoms with van der Waals surface area (Å²) in [6.45, 7) is 0. The number of nitrogens with zero attached hydrogens (tertiary/aromatic N) is 2. The summed E-state index contributed by atoms with van der Waals surface area (Å²) in [5.41, 5.74) is 1.48. The molecule has 0 N–H and O–H groups in total. The SMILES string of the molecule is ClCc1ncoc1-c1nscc1Br. The van der Waals surface area contributed by atoms with Gasteiger partial charge >= 0.3 is 0 Å². The third kappa shape index (κ3) is 1.63. The fourth-order valence-corrected chi connectivity index (χ4v) is 2.30. The Bertz CT molecular complexity index is 414. The zero-order chi connectivity index (χ0) is 9.26. The lowest BCUT2D eigenvalue weighted by molar-refractivity contribution is 0.569. The van der Waals surface area contributed by atoms with E-state index in [4.69, 9.17) is 16.0 Å². The highest BCUT2D eigenvalue weighted by atomic mass is 79.9. The van der Waals surface area contributed by atoms with Gasteiger partial charge in [-0.15, -0.1) is 11.6 Å². The Balaban J connectivity index is 2.52. The molecule has 2 aromatic heterocycles. The molecule has 0 aliphatic carbocycles. The number of alkyl halides is 1. The molecule has 0 aromatic carbocycles. The van der Waals surface area contributed by atoms with Crippen molar-refractivity contribution in [3.63, 3.8) is 0 Å². The van der Waals surface area contributed by atoms with Crippen molar-refractivity contribution in [2.24, 2.45) is 0 Å². The van der Waals surface area contributed by atoms with Crippen LogP contribution < -0.4 is 0 Å². The lowest BCUT2D eigenvalue weighted by Gasteiger charge is -1.93. The first-order valence-electron chi connectivity index (χ1n) is 3.41. The molecule has 0 amide bonds. The molecule has 0 radical (unpaired) electrons. The Morgan fingerprint density at radius 1 is 1.62 bits per heavy atom. The van der Waals surface area contributed by atoms with Crippen molar-refractivity contribution in [1.29, 1.82) is 0 Å². The lowest BCUT2D eigenvalue weighted by Crippen LogP contribution is -1.82. The van der Waals surface area contributed by atoms with Crippen LogP contribution >= 0.6 is 39.1 Å².